The van der Waals surface area contributed by atoms with Gasteiger partial charge in [-0.25, -0.2) is 9.97 Å². The summed E-state index contributed by atoms with van der Waals surface area (Å²) in [6, 6.07) is 19.9. The number of anilines is 5. The molecule has 3 N–H and O–H groups in total. The van der Waals surface area contributed by atoms with Crippen LogP contribution in [0, 0.1) is 5.92 Å². The normalized spacial score (nSPS) is 14.2. The summed E-state index contributed by atoms with van der Waals surface area (Å²) in [5.74, 6) is 0.960. The first-order chi connectivity index (χ1) is 15.2. The summed E-state index contributed by atoms with van der Waals surface area (Å²) in [7, 11) is 1.43. The Hall–Kier alpha value is -3.81. The summed E-state index contributed by atoms with van der Waals surface area (Å²) in [4.78, 5) is 22.7. The molecule has 3 aromatic rings. The molecule has 1 aromatic heterocycles. The number of hydrogen-bond acceptors (Lipinski definition) is 8. The molecule has 0 unspecified atom stereocenters. The van der Waals surface area contributed by atoms with Crippen molar-refractivity contribution in [2.75, 3.05) is 41.3 Å². The van der Waals surface area contributed by atoms with Gasteiger partial charge < -0.3 is 15.4 Å². The third-order valence-corrected chi connectivity index (χ3v) is 5.44. The van der Waals surface area contributed by atoms with E-state index < -0.39 is 0 Å². The van der Waals surface area contributed by atoms with E-state index >= 15 is 0 Å². The van der Waals surface area contributed by atoms with Crippen LogP contribution in [0.4, 0.5) is 28.7 Å². The van der Waals surface area contributed by atoms with Gasteiger partial charge in [0.15, 0.2) is 11.6 Å². The molecule has 1 saturated heterocycles. The first kappa shape index (κ1) is 20.5. The Morgan fingerprint density at radius 3 is 2.16 bits per heavy atom. The van der Waals surface area contributed by atoms with Gasteiger partial charge in [0.25, 0.3) is 0 Å². The lowest BCUT2D eigenvalue weighted by Gasteiger charge is -2.33. The van der Waals surface area contributed by atoms with Crippen LogP contribution in [-0.4, -0.2) is 36.1 Å². The number of hydrogen-bond donors (Lipinski definition) is 2. The number of benzene rings is 2. The topological polar surface area (TPSA) is 96.6 Å². The lowest BCUT2D eigenvalue weighted by Crippen LogP contribution is -2.38. The Morgan fingerprint density at radius 2 is 1.61 bits per heavy atom. The molecule has 0 radical (unpaired) electrons. The molecule has 0 amide bonds. The van der Waals surface area contributed by atoms with Crippen molar-refractivity contribution in [2.24, 2.45) is 5.92 Å². The maximum atomic E-state index is 11.8. The number of nitrogens with one attached hydrogen (secondary N) is 1. The summed E-state index contributed by atoms with van der Waals surface area (Å²) in [5.41, 5.74) is 12.2. The second-order valence-corrected chi connectivity index (χ2v) is 7.36. The van der Waals surface area contributed by atoms with Crippen LogP contribution in [0.2, 0.25) is 0 Å². The predicted molar refractivity (Wildman–Crippen MR) is 122 cm³/mol. The fraction of sp³-hybridized carbons (Fsp3) is 0.261. The quantitative estimate of drug-likeness (QED) is 0.463. The molecule has 1 fully saturated rings. The Labute approximate surface area is 181 Å². The largest absolute Gasteiger partial charge is 0.469 e. The zero-order valence-corrected chi connectivity index (χ0v) is 17.4. The highest BCUT2D eigenvalue weighted by atomic mass is 16.5. The van der Waals surface area contributed by atoms with Crippen molar-refractivity contribution in [1.82, 2.24) is 9.97 Å². The number of esters is 1. The molecule has 8 nitrogen and oxygen atoms in total. The number of methoxy groups -OCH3 is 1. The first-order valence-corrected chi connectivity index (χ1v) is 10.3. The van der Waals surface area contributed by atoms with Crippen molar-refractivity contribution in [3.63, 3.8) is 0 Å². The number of nitrogens with two attached hydrogens (primary N) is 1. The SMILES string of the molecule is COC(=O)C1CCN(c2ncnc(NN(c3ccccc3)c3ccccc3)c2N)CC1. The standard InChI is InChI=1S/C23H26N6O2/c1-31-23(30)17-12-14-28(15-13-17)22-20(24)21(25-16-26-22)27-29(18-8-4-2-5-9-18)19-10-6-3-7-11-19/h2-11,16-17H,12-15,24H2,1H3,(H,25,26,27). The number of hydrazine groups is 1. The summed E-state index contributed by atoms with van der Waals surface area (Å²) < 4.78 is 4.88. The minimum absolute atomic E-state index is 0.0754. The molecular weight excluding hydrogens is 392 g/mol. The second kappa shape index (κ2) is 9.34. The van der Waals surface area contributed by atoms with Gasteiger partial charge in [0.05, 0.1) is 24.4 Å². The maximum absolute atomic E-state index is 11.8. The van der Waals surface area contributed by atoms with E-state index in [1.165, 1.54) is 13.4 Å². The van der Waals surface area contributed by atoms with Crippen molar-refractivity contribution in [3.8, 4) is 0 Å². The Morgan fingerprint density at radius 1 is 1.03 bits per heavy atom. The first-order valence-electron chi connectivity index (χ1n) is 10.3. The Balaban J connectivity index is 1.58. The maximum Gasteiger partial charge on any atom is 0.308 e. The van der Waals surface area contributed by atoms with Gasteiger partial charge in [-0.3, -0.25) is 15.2 Å². The molecule has 1 aliphatic rings. The Kier molecular flexibility index (Phi) is 6.16. The lowest BCUT2D eigenvalue weighted by atomic mass is 9.97. The summed E-state index contributed by atoms with van der Waals surface area (Å²) in [6.07, 6.45) is 2.92. The van der Waals surface area contributed by atoms with Crippen LogP contribution in [0.1, 0.15) is 12.8 Å². The molecule has 0 aliphatic carbocycles. The van der Waals surface area contributed by atoms with Crippen molar-refractivity contribution in [2.45, 2.75) is 12.8 Å². The third-order valence-electron chi connectivity index (χ3n) is 5.44. The van der Waals surface area contributed by atoms with Crippen molar-refractivity contribution in [1.29, 1.82) is 0 Å². The fourth-order valence-corrected chi connectivity index (χ4v) is 3.76. The van der Waals surface area contributed by atoms with Crippen LogP contribution in [-0.2, 0) is 9.53 Å². The summed E-state index contributed by atoms with van der Waals surface area (Å²) in [5, 5.41) is 1.94. The molecule has 4 rings (SSSR count). The third kappa shape index (κ3) is 4.53. The molecular formula is C23H26N6O2. The predicted octanol–water partition coefficient (Wildman–Crippen LogP) is 3.61. The highest BCUT2D eigenvalue weighted by Gasteiger charge is 2.27. The zero-order chi connectivity index (χ0) is 21.6. The van der Waals surface area contributed by atoms with Gasteiger partial charge in [-0.05, 0) is 37.1 Å². The van der Waals surface area contributed by atoms with E-state index in [-0.39, 0.29) is 11.9 Å². The number of carbonyl (C=O) groups is 1. The molecule has 160 valence electrons. The van der Waals surface area contributed by atoms with Crippen LogP contribution in [0.15, 0.2) is 67.0 Å². The van der Waals surface area contributed by atoms with Gasteiger partial charge in [0.2, 0.25) is 0 Å². The molecule has 8 heteroatoms. The van der Waals surface area contributed by atoms with Gasteiger partial charge in [-0.1, -0.05) is 36.4 Å². The van der Waals surface area contributed by atoms with Gasteiger partial charge in [0, 0.05) is 13.1 Å². The van der Waals surface area contributed by atoms with E-state index in [0.29, 0.717) is 43.3 Å². The molecule has 0 atom stereocenters. The van der Waals surface area contributed by atoms with Crippen LogP contribution in [0.3, 0.4) is 0 Å². The lowest BCUT2D eigenvalue weighted by molar-refractivity contribution is -0.146. The molecule has 0 bridgehead atoms. The molecule has 0 saturated carbocycles. The smallest absolute Gasteiger partial charge is 0.308 e. The van der Waals surface area contributed by atoms with Gasteiger partial charge >= 0.3 is 5.97 Å². The van der Waals surface area contributed by atoms with E-state index in [1.807, 2.05) is 65.7 Å². The van der Waals surface area contributed by atoms with Crippen molar-refractivity contribution in [3.05, 3.63) is 67.0 Å². The molecule has 2 aromatic carbocycles. The molecule has 31 heavy (non-hydrogen) atoms. The number of aromatic nitrogens is 2. The fourth-order valence-electron chi connectivity index (χ4n) is 3.76. The molecule has 2 heterocycles. The summed E-state index contributed by atoms with van der Waals surface area (Å²) in [6.45, 7) is 1.36. The van der Waals surface area contributed by atoms with Crippen molar-refractivity contribution < 1.29 is 9.53 Å². The number of para-hydroxylation sites is 2. The van der Waals surface area contributed by atoms with E-state index in [4.69, 9.17) is 10.5 Å². The van der Waals surface area contributed by atoms with E-state index in [2.05, 4.69) is 20.3 Å². The van der Waals surface area contributed by atoms with E-state index in [1.54, 1.807) is 0 Å². The number of nitrogens with zero attached hydrogens (tertiary/aromatic N) is 4. The van der Waals surface area contributed by atoms with Gasteiger partial charge in [0.1, 0.15) is 12.0 Å². The van der Waals surface area contributed by atoms with Crippen LogP contribution < -0.4 is 21.1 Å². The van der Waals surface area contributed by atoms with Crippen LogP contribution >= 0.6 is 0 Å². The second-order valence-electron chi connectivity index (χ2n) is 7.36. The molecule has 0 spiro atoms. The summed E-state index contributed by atoms with van der Waals surface area (Å²) >= 11 is 0. The van der Waals surface area contributed by atoms with Gasteiger partial charge in [-0.15, -0.1) is 0 Å². The van der Waals surface area contributed by atoms with Crippen LogP contribution in [0.25, 0.3) is 0 Å². The number of piperidine rings is 1. The average Bonchev–Trinajstić information content (AvgIpc) is 2.84. The minimum Gasteiger partial charge on any atom is -0.469 e. The van der Waals surface area contributed by atoms with E-state index in [0.717, 1.165) is 11.4 Å². The number of nitrogen functional groups attached to an aromatic ring is 1. The van der Waals surface area contributed by atoms with Gasteiger partial charge in [-0.2, -0.15) is 0 Å². The average molecular weight is 419 g/mol. The zero-order valence-electron chi connectivity index (χ0n) is 17.4. The number of carbonyl (C=O) groups excluding carboxylic acids is 1. The highest BCUT2D eigenvalue weighted by Crippen LogP contribution is 2.32. The molecule has 1 aliphatic heterocycles. The number of rotatable bonds is 6. The monoisotopic (exact) mass is 418 g/mol. The minimum atomic E-state index is -0.154. The van der Waals surface area contributed by atoms with Crippen LogP contribution in [0.5, 0.6) is 0 Å². The van der Waals surface area contributed by atoms with E-state index in [9.17, 15) is 4.79 Å². The Bertz CT molecular complexity index is 968. The van der Waals surface area contributed by atoms with Crippen molar-refractivity contribution >= 4 is 34.7 Å². The number of ether oxygens (including phenoxy) is 1. The highest BCUT2D eigenvalue weighted by molar-refractivity contribution is 5.79.